The molecule has 2 heterocycles. The van der Waals surface area contributed by atoms with Crippen LogP contribution in [0.2, 0.25) is 0 Å². The Balaban J connectivity index is 1.50. The minimum atomic E-state index is -1.99. The van der Waals surface area contributed by atoms with E-state index in [9.17, 15) is 40.5 Å². The summed E-state index contributed by atoms with van der Waals surface area (Å²) in [6.45, 7) is 2.30. The van der Waals surface area contributed by atoms with Gasteiger partial charge in [-0.1, -0.05) is 19.4 Å². The number of phenols is 2. The molecule has 3 rings (SSSR count). The smallest absolute Gasteiger partial charge is 0.330 e. The topological polar surface area (TPSA) is 205 Å². The van der Waals surface area contributed by atoms with Crippen LogP contribution in [0, 0.1) is 0 Å². The van der Waals surface area contributed by atoms with E-state index in [-0.39, 0.29) is 24.2 Å². The second kappa shape index (κ2) is 13.2. The maximum Gasteiger partial charge on any atom is 0.330 e. The van der Waals surface area contributed by atoms with Crippen LogP contribution in [0.3, 0.4) is 0 Å². The highest BCUT2D eigenvalue weighted by molar-refractivity contribution is 5.87. The van der Waals surface area contributed by atoms with Crippen molar-refractivity contribution in [3.63, 3.8) is 0 Å². The van der Waals surface area contributed by atoms with E-state index in [1.54, 1.807) is 6.92 Å². The van der Waals surface area contributed by atoms with Gasteiger partial charge in [-0.15, -0.1) is 0 Å². The van der Waals surface area contributed by atoms with Gasteiger partial charge in [0.15, 0.2) is 29.7 Å². The van der Waals surface area contributed by atoms with Gasteiger partial charge in [-0.05, 0) is 37.1 Å². The molecule has 0 radical (unpaired) electrons. The Hall–Kier alpha value is -2.33. The predicted molar refractivity (Wildman–Crippen MR) is 129 cm³/mol. The fourth-order valence-corrected chi connectivity index (χ4v) is 4.04. The lowest BCUT2D eigenvalue weighted by Crippen LogP contribution is -2.60. The molecule has 13 heteroatoms. The van der Waals surface area contributed by atoms with Crippen LogP contribution in [0.15, 0.2) is 24.3 Å². The summed E-state index contributed by atoms with van der Waals surface area (Å²) in [5.74, 6) is -1.53. The first-order chi connectivity index (χ1) is 17.9. The van der Waals surface area contributed by atoms with Gasteiger partial charge in [0.05, 0.1) is 19.3 Å². The monoisotopic (exact) mass is 544 g/mol. The van der Waals surface area contributed by atoms with E-state index in [0.717, 1.165) is 12.5 Å². The van der Waals surface area contributed by atoms with E-state index in [1.165, 1.54) is 24.3 Å². The number of ether oxygens (including phenoxy) is 5. The van der Waals surface area contributed by atoms with E-state index < -0.39 is 67.9 Å². The second-order valence-electron chi connectivity index (χ2n) is 9.50. The number of aliphatic hydroxyl groups is 5. The summed E-state index contributed by atoms with van der Waals surface area (Å²) >= 11 is 0. The molecule has 0 bridgehead atoms. The normalized spacial score (nSPS) is 34.4. The Labute approximate surface area is 219 Å². The van der Waals surface area contributed by atoms with Crippen molar-refractivity contribution in [2.45, 2.75) is 81.5 Å². The van der Waals surface area contributed by atoms with Gasteiger partial charge in [0.1, 0.15) is 37.1 Å². The molecule has 2 aliphatic rings. The fraction of sp³-hybridized carbons (Fsp3) is 0.640. The largest absolute Gasteiger partial charge is 0.504 e. The molecule has 1 aromatic carbocycles. The van der Waals surface area contributed by atoms with E-state index in [0.29, 0.717) is 12.0 Å². The molecule has 13 nitrogen and oxygen atoms in total. The van der Waals surface area contributed by atoms with Gasteiger partial charge in [0.2, 0.25) is 0 Å². The maximum absolute atomic E-state index is 12.0. The summed E-state index contributed by atoms with van der Waals surface area (Å²) in [4.78, 5) is 12.0. The third-order valence-electron chi connectivity index (χ3n) is 6.34. The Kier molecular flexibility index (Phi) is 10.5. The third-order valence-corrected chi connectivity index (χ3v) is 6.34. The van der Waals surface area contributed by atoms with Gasteiger partial charge in [-0.3, -0.25) is 0 Å². The second-order valence-corrected chi connectivity index (χ2v) is 9.50. The van der Waals surface area contributed by atoms with E-state index in [2.05, 4.69) is 0 Å². The van der Waals surface area contributed by atoms with E-state index >= 15 is 0 Å². The summed E-state index contributed by atoms with van der Waals surface area (Å²) in [6, 6.07) is 3.93. The molecule has 0 spiro atoms. The Morgan fingerprint density at radius 3 is 2.55 bits per heavy atom. The summed E-state index contributed by atoms with van der Waals surface area (Å²) in [5, 5.41) is 70.7. The first kappa shape index (κ1) is 30.2. The molecule has 0 aromatic heterocycles. The minimum absolute atomic E-state index is 0.274. The van der Waals surface area contributed by atoms with Crippen molar-refractivity contribution in [3.05, 3.63) is 29.8 Å². The van der Waals surface area contributed by atoms with Gasteiger partial charge in [0, 0.05) is 6.08 Å². The number of carbonyl (C=O) groups is 1. The fourth-order valence-electron chi connectivity index (χ4n) is 4.04. The number of aromatic hydroxyl groups is 2. The average Bonchev–Trinajstić information content (AvgIpc) is 3.16. The van der Waals surface area contributed by atoms with Crippen molar-refractivity contribution < 1.29 is 64.2 Å². The predicted octanol–water partition coefficient (Wildman–Crippen LogP) is -0.868. The van der Waals surface area contributed by atoms with Crippen LogP contribution in [0.1, 0.15) is 32.3 Å². The van der Waals surface area contributed by atoms with Crippen LogP contribution < -0.4 is 0 Å². The van der Waals surface area contributed by atoms with Crippen LogP contribution in [0.25, 0.3) is 6.08 Å². The molecule has 1 aromatic rings. The number of hydrogen-bond acceptors (Lipinski definition) is 13. The highest BCUT2D eigenvalue weighted by Crippen LogP contribution is 2.29. The van der Waals surface area contributed by atoms with Crippen LogP contribution in [0.5, 0.6) is 11.5 Å². The first-order valence-electron chi connectivity index (χ1n) is 12.3. The molecule has 0 amide bonds. The van der Waals surface area contributed by atoms with Gasteiger partial charge in [0.25, 0.3) is 0 Å². The van der Waals surface area contributed by atoms with Crippen molar-refractivity contribution in [2.75, 3.05) is 19.8 Å². The standard InChI is InChI=1S/C25H36O13/c1-3-4-13(2)37-23-21(31)20(30)19(29)17(38-23)10-34-24-22(32)25(33,12-36-24)11-35-18(28)8-6-14-5-7-15(26)16(27)9-14/h5-9,13,17,19-24,26-27,29-33H,3-4,10-12H2,1-2H3. The summed E-state index contributed by atoms with van der Waals surface area (Å²) < 4.78 is 27.0. The Morgan fingerprint density at radius 2 is 1.87 bits per heavy atom. The summed E-state index contributed by atoms with van der Waals surface area (Å²) in [5.41, 5.74) is -1.58. The number of esters is 1. The Bertz CT molecular complexity index is 955. The van der Waals surface area contributed by atoms with Crippen LogP contribution in [-0.2, 0) is 28.5 Å². The van der Waals surface area contributed by atoms with Crippen molar-refractivity contribution in [3.8, 4) is 11.5 Å². The zero-order valence-electron chi connectivity index (χ0n) is 21.1. The third kappa shape index (κ3) is 7.40. The minimum Gasteiger partial charge on any atom is -0.504 e. The molecule has 214 valence electrons. The van der Waals surface area contributed by atoms with Gasteiger partial charge >= 0.3 is 5.97 Å². The number of hydrogen-bond donors (Lipinski definition) is 7. The molecule has 2 fully saturated rings. The highest BCUT2D eigenvalue weighted by atomic mass is 16.7. The summed E-state index contributed by atoms with van der Waals surface area (Å²) in [7, 11) is 0. The van der Waals surface area contributed by atoms with Gasteiger partial charge in [-0.2, -0.15) is 0 Å². The zero-order valence-corrected chi connectivity index (χ0v) is 21.1. The molecular formula is C25H36O13. The van der Waals surface area contributed by atoms with Crippen molar-refractivity contribution in [1.82, 2.24) is 0 Å². The van der Waals surface area contributed by atoms with Crippen molar-refractivity contribution >= 4 is 12.0 Å². The molecule has 9 atom stereocenters. The summed E-state index contributed by atoms with van der Waals surface area (Å²) in [6.07, 6.45) is -6.34. The Morgan fingerprint density at radius 1 is 1.13 bits per heavy atom. The number of aliphatic hydroxyl groups excluding tert-OH is 4. The van der Waals surface area contributed by atoms with Crippen LogP contribution >= 0.6 is 0 Å². The molecule has 7 N–H and O–H groups in total. The molecule has 2 aliphatic heterocycles. The van der Waals surface area contributed by atoms with Crippen LogP contribution in [0.4, 0.5) is 0 Å². The number of carbonyl (C=O) groups excluding carboxylic acids is 1. The average molecular weight is 545 g/mol. The lowest BCUT2D eigenvalue weighted by atomic mass is 9.99. The molecule has 0 aliphatic carbocycles. The lowest BCUT2D eigenvalue weighted by Gasteiger charge is -2.41. The SMILES string of the molecule is CCCC(C)OC1OC(COC2OCC(O)(COC(=O)C=Cc3ccc(O)c(O)c3)C2O)C(O)C(O)C1O. The van der Waals surface area contributed by atoms with E-state index in [1.807, 2.05) is 6.92 Å². The molecule has 0 saturated carbocycles. The lowest BCUT2D eigenvalue weighted by molar-refractivity contribution is -0.317. The molecular weight excluding hydrogens is 508 g/mol. The quantitative estimate of drug-likeness (QED) is 0.103. The highest BCUT2D eigenvalue weighted by Gasteiger charge is 2.51. The van der Waals surface area contributed by atoms with Crippen molar-refractivity contribution in [2.24, 2.45) is 0 Å². The zero-order chi connectivity index (χ0) is 28.0. The molecule has 9 unspecified atom stereocenters. The van der Waals surface area contributed by atoms with Gasteiger partial charge < -0.3 is 59.4 Å². The van der Waals surface area contributed by atoms with Crippen LogP contribution in [-0.4, -0.2) is 116 Å². The molecule has 38 heavy (non-hydrogen) atoms. The number of phenolic OH excluding ortho intramolecular Hbond substituents is 2. The number of benzene rings is 1. The number of rotatable bonds is 11. The molecule has 2 saturated heterocycles. The van der Waals surface area contributed by atoms with E-state index in [4.69, 9.17) is 23.7 Å². The first-order valence-corrected chi connectivity index (χ1v) is 12.3. The van der Waals surface area contributed by atoms with Gasteiger partial charge in [-0.25, -0.2) is 4.79 Å². The maximum atomic E-state index is 12.0. The van der Waals surface area contributed by atoms with Crippen molar-refractivity contribution in [1.29, 1.82) is 0 Å².